The number of hydrogen-bond acceptors (Lipinski definition) is 3. The van der Waals surface area contributed by atoms with E-state index in [4.69, 9.17) is 21.4 Å². The Bertz CT molecular complexity index is 510. The van der Waals surface area contributed by atoms with Crippen LogP contribution < -0.4 is 0 Å². The number of carboxylic acids is 1. The molecule has 1 unspecified atom stereocenters. The number of carboxylic acid groups (broad SMARTS) is 1. The number of nitrogens with zero attached hydrogens (tertiary/aromatic N) is 1. The molecule has 1 aromatic carbocycles. The highest BCUT2D eigenvalue weighted by atomic mass is 35.5. The molecule has 1 aliphatic heterocycles. The summed E-state index contributed by atoms with van der Waals surface area (Å²) in [5, 5.41) is 9.49. The number of ether oxygens (including phenoxy) is 1. The van der Waals surface area contributed by atoms with E-state index in [9.17, 15) is 9.59 Å². The van der Waals surface area contributed by atoms with Crippen molar-refractivity contribution < 1.29 is 19.4 Å². The summed E-state index contributed by atoms with van der Waals surface area (Å²) in [7, 11) is 0. The molecule has 1 N–H and O–H groups in total. The molecule has 1 saturated heterocycles. The molecule has 1 fully saturated rings. The molecule has 0 aliphatic carbocycles. The fourth-order valence-corrected chi connectivity index (χ4v) is 2.33. The van der Waals surface area contributed by atoms with Gasteiger partial charge in [0.2, 0.25) is 5.91 Å². The monoisotopic (exact) mass is 333 g/mol. The van der Waals surface area contributed by atoms with E-state index in [1.165, 1.54) is 4.90 Å². The summed E-state index contributed by atoms with van der Waals surface area (Å²) < 4.78 is 5.35. The molecule has 0 bridgehead atoms. The highest BCUT2D eigenvalue weighted by Crippen LogP contribution is 2.18. The molecular weight excluding hydrogens is 317 g/mol. The third kappa shape index (κ3) is 4.88. The van der Waals surface area contributed by atoms with E-state index in [1.807, 2.05) is 18.2 Å². The van der Waals surface area contributed by atoms with E-state index in [1.54, 1.807) is 6.07 Å². The fraction of sp³-hybridized carbons (Fsp3) is 0.429. The van der Waals surface area contributed by atoms with Crippen molar-refractivity contribution in [1.82, 2.24) is 4.90 Å². The summed E-state index contributed by atoms with van der Waals surface area (Å²) in [5.41, 5.74) is 0.826. The van der Waals surface area contributed by atoms with Crippen molar-refractivity contribution in [3.63, 3.8) is 0 Å². The number of rotatable bonds is 5. The standard InChI is InChI=1S/C14H16ClNO4.ClH/c15-12-4-2-1-3-11(12)8-20-9-13(17)16-6-5-10(7-16)14(18)19;/h1-4,10H,5-9H2,(H,18,19);1H. The summed E-state index contributed by atoms with van der Waals surface area (Å²) in [5.74, 6) is -1.49. The summed E-state index contributed by atoms with van der Waals surface area (Å²) in [6.07, 6.45) is 0.506. The molecule has 1 heterocycles. The lowest BCUT2D eigenvalue weighted by Gasteiger charge is -2.15. The number of carbonyl (C=O) groups is 2. The van der Waals surface area contributed by atoms with Crippen molar-refractivity contribution in [3.05, 3.63) is 34.9 Å². The minimum absolute atomic E-state index is 0. The van der Waals surface area contributed by atoms with Crippen LogP contribution in [0.3, 0.4) is 0 Å². The first kappa shape index (κ1) is 17.8. The van der Waals surface area contributed by atoms with Gasteiger partial charge in [-0.15, -0.1) is 12.4 Å². The quantitative estimate of drug-likeness (QED) is 0.897. The van der Waals surface area contributed by atoms with E-state index in [0.717, 1.165) is 5.56 Å². The summed E-state index contributed by atoms with van der Waals surface area (Å²) in [6, 6.07) is 7.28. The smallest absolute Gasteiger partial charge is 0.308 e. The lowest BCUT2D eigenvalue weighted by molar-refractivity contribution is -0.141. The number of amides is 1. The number of likely N-dealkylation sites (tertiary alicyclic amines) is 1. The number of halogens is 2. The average molecular weight is 334 g/mol. The second-order valence-electron chi connectivity index (χ2n) is 4.75. The molecule has 0 radical (unpaired) electrons. The minimum Gasteiger partial charge on any atom is -0.481 e. The Morgan fingerprint density at radius 2 is 2.10 bits per heavy atom. The van der Waals surface area contributed by atoms with Crippen molar-refractivity contribution >= 4 is 35.9 Å². The molecule has 7 heteroatoms. The van der Waals surface area contributed by atoms with Gasteiger partial charge in [0.15, 0.2) is 0 Å². The number of aliphatic carboxylic acids is 1. The molecule has 1 atom stereocenters. The van der Waals surface area contributed by atoms with Crippen molar-refractivity contribution in [2.45, 2.75) is 13.0 Å². The molecule has 21 heavy (non-hydrogen) atoms. The Balaban J connectivity index is 0.00000220. The molecule has 1 amide bonds. The minimum atomic E-state index is -0.850. The Labute approximate surface area is 134 Å². The number of hydrogen-bond donors (Lipinski definition) is 1. The zero-order chi connectivity index (χ0) is 14.5. The van der Waals surface area contributed by atoms with E-state index in [0.29, 0.717) is 18.0 Å². The maximum absolute atomic E-state index is 11.9. The number of benzene rings is 1. The van der Waals surface area contributed by atoms with Crippen LogP contribution in [0.5, 0.6) is 0 Å². The van der Waals surface area contributed by atoms with Gasteiger partial charge in [0.1, 0.15) is 6.61 Å². The van der Waals surface area contributed by atoms with E-state index >= 15 is 0 Å². The van der Waals surface area contributed by atoms with Crippen molar-refractivity contribution in [1.29, 1.82) is 0 Å². The van der Waals surface area contributed by atoms with Gasteiger partial charge in [0.05, 0.1) is 12.5 Å². The first-order chi connectivity index (χ1) is 9.58. The van der Waals surface area contributed by atoms with Crippen molar-refractivity contribution in [3.8, 4) is 0 Å². The topological polar surface area (TPSA) is 66.8 Å². The van der Waals surface area contributed by atoms with Crippen LogP contribution in [0.1, 0.15) is 12.0 Å². The van der Waals surface area contributed by atoms with E-state index < -0.39 is 11.9 Å². The average Bonchev–Trinajstić information content (AvgIpc) is 2.91. The molecule has 5 nitrogen and oxygen atoms in total. The maximum atomic E-state index is 11.9. The molecule has 0 spiro atoms. The lowest BCUT2D eigenvalue weighted by atomic mass is 10.1. The molecule has 0 aromatic heterocycles. The van der Waals surface area contributed by atoms with Gasteiger partial charge in [0.25, 0.3) is 0 Å². The molecule has 116 valence electrons. The van der Waals surface area contributed by atoms with Gasteiger partial charge < -0.3 is 14.7 Å². The predicted molar refractivity (Wildman–Crippen MR) is 80.7 cm³/mol. The second kappa shape index (κ2) is 8.22. The molecule has 1 aromatic rings. The third-order valence-electron chi connectivity index (χ3n) is 3.33. The van der Waals surface area contributed by atoms with Gasteiger partial charge in [-0.3, -0.25) is 9.59 Å². The van der Waals surface area contributed by atoms with Crippen LogP contribution in [-0.4, -0.2) is 41.6 Å². The highest BCUT2D eigenvalue weighted by molar-refractivity contribution is 6.31. The predicted octanol–water partition coefficient (Wildman–Crippen LogP) is 2.21. The van der Waals surface area contributed by atoms with Crippen LogP contribution in [0.4, 0.5) is 0 Å². The zero-order valence-electron chi connectivity index (χ0n) is 11.3. The Morgan fingerprint density at radius 3 is 2.71 bits per heavy atom. The van der Waals surface area contributed by atoms with Gasteiger partial charge >= 0.3 is 5.97 Å². The second-order valence-corrected chi connectivity index (χ2v) is 5.15. The van der Waals surface area contributed by atoms with Gasteiger partial charge in [-0.2, -0.15) is 0 Å². The summed E-state index contributed by atoms with van der Waals surface area (Å²) in [4.78, 5) is 24.2. The van der Waals surface area contributed by atoms with Crippen LogP contribution in [0.2, 0.25) is 5.02 Å². The third-order valence-corrected chi connectivity index (χ3v) is 3.70. The lowest BCUT2D eigenvalue weighted by Crippen LogP contribution is -2.32. The number of carbonyl (C=O) groups excluding carboxylic acids is 1. The summed E-state index contributed by atoms with van der Waals surface area (Å²) >= 11 is 5.98. The highest BCUT2D eigenvalue weighted by Gasteiger charge is 2.30. The molecular formula is C14H17Cl2NO4. The maximum Gasteiger partial charge on any atom is 0.308 e. The normalized spacial score (nSPS) is 17.4. The summed E-state index contributed by atoms with van der Waals surface area (Å²) in [6.45, 7) is 0.952. The van der Waals surface area contributed by atoms with Crippen molar-refractivity contribution in [2.24, 2.45) is 5.92 Å². The van der Waals surface area contributed by atoms with Crippen LogP contribution in [0.25, 0.3) is 0 Å². The Kier molecular flexibility index (Phi) is 6.95. The zero-order valence-corrected chi connectivity index (χ0v) is 12.9. The first-order valence-electron chi connectivity index (χ1n) is 6.39. The molecule has 1 aliphatic rings. The van der Waals surface area contributed by atoms with E-state index in [-0.39, 0.29) is 38.1 Å². The van der Waals surface area contributed by atoms with E-state index in [2.05, 4.69) is 0 Å². The van der Waals surface area contributed by atoms with Gasteiger partial charge in [-0.1, -0.05) is 29.8 Å². The molecule has 2 rings (SSSR count). The SMILES string of the molecule is Cl.O=C(O)C1CCN(C(=O)COCc2ccccc2Cl)C1. The Morgan fingerprint density at radius 1 is 1.38 bits per heavy atom. The van der Waals surface area contributed by atoms with Gasteiger partial charge in [-0.25, -0.2) is 0 Å². The first-order valence-corrected chi connectivity index (χ1v) is 6.77. The fourth-order valence-electron chi connectivity index (χ4n) is 2.14. The van der Waals surface area contributed by atoms with Gasteiger partial charge in [0, 0.05) is 18.1 Å². The Hall–Kier alpha value is -1.30. The van der Waals surface area contributed by atoms with Crippen molar-refractivity contribution in [2.75, 3.05) is 19.7 Å². The van der Waals surface area contributed by atoms with Crippen LogP contribution in [0.15, 0.2) is 24.3 Å². The molecule has 0 saturated carbocycles. The van der Waals surface area contributed by atoms with Crippen LogP contribution in [-0.2, 0) is 20.9 Å². The largest absolute Gasteiger partial charge is 0.481 e. The van der Waals surface area contributed by atoms with Crippen LogP contribution >= 0.6 is 24.0 Å². The van der Waals surface area contributed by atoms with Gasteiger partial charge in [-0.05, 0) is 18.1 Å². The van der Waals surface area contributed by atoms with Crippen LogP contribution in [0, 0.1) is 5.92 Å².